The first-order valence-electron chi connectivity index (χ1n) is 11.2. The van der Waals surface area contributed by atoms with Gasteiger partial charge in [0.25, 0.3) is 11.8 Å². The summed E-state index contributed by atoms with van der Waals surface area (Å²) in [5.41, 5.74) is 4.19. The molecule has 2 N–H and O–H groups in total. The molecule has 0 aliphatic carbocycles. The maximum atomic E-state index is 13.1. The average molecular weight is 456 g/mol. The number of hydrogen-bond acceptors (Lipinski definition) is 4. The fraction of sp³-hybridized carbons (Fsp3) is 0.192. The van der Waals surface area contributed by atoms with Crippen LogP contribution in [0.3, 0.4) is 0 Å². The lowest BCUT2D eigenvalue weighted by molar-refractivity contribution is 0.0303. The largest absolute Gasteiger partial charge is 0.378 e. The summed E-state index contributed by atoms with van der Waals surface area (Å²) < 4.78 is 5.37. The van der Waals surface area contributed by atoms with Crippen LogP contribution in [-0.4, -0.2) is 65.2 Å². The molecule has 172 valence electrons. The number of ether oxygens (including phenoxy) is 1. The van der Waals surface area contributed by atoms with E-state index < -0.39 is 0 Å². The molecule has 1 aliphatic heterocycles. The number of benzene rings is 2. The van der Waals surface area contributed by atoms with Gasteiger partial charge in [-0.2, -0.15) is 5.10 Å². The van der Waals surface area contributed by atoms with Crippen molar-refractivity contribution in [2.45, 2.75) is 0 Å². The average Bonchev–Trinajstić information content (AvgIpc) is 3.57. The number of rotatable bonds is 5. The van der Waals surface area contributed by atoms with Crippen LogP contribution in [0.2, 0.25) is 0 Å². The number of H-pyrrole nitrogens is 2. The van der Waals surface area contributed by atoms with Crippen molar-refractivity contribution in [3.05, 3.63) is 83.3 Å². The first kappa shape index (κ1) is 21.7. The first-order chi connectivity index (χ1) is 16.6. The second-order valence-electron chi connectivity index (χ2n) is 8.11. The van der Waals surface area contributed by atoms with E-state index in [0.717, 1.165) is 22.2 Å². The van der Waals surface area contributed by atoms with Gasteiger partial charge in [-0.25, -0.2) is 0 Å². The minimum Gasteiger partial charge on any atom is -0.378 e. The molecule has 0 atom stereocenters. The van der Waals surface area contributed by atoms with Crippen LogP contribution in [0.25, 0.3) is 23.1 Å². The van der Waals surface area contributed by atoms with E-state index in [1.54, 1.807) is 47.3 Å². The molecule has 3 heterocycles. The number of hydrogen-bond donors (Lipinski definition) is 2. The Morgan fingerprint density at radius 3 is 2.68 bits per heavy atom. The molecule has 2 aromatic heterocycles. The Balaban J connectivity index is 1.51. The number of para-hydroxylation sites is 1. The Morgan fingerprint density at radius 2 is 1.88 bits per heavy atom. The number of carbonyl (C=O) groups excluding carboxylic acids is 2. The molecule has 0 bridgehead atoms. The van der Waals surface area contributed by atoms with Gasteiger partial charge in [0, 0.05) is 37.3 Å². The predicted octanol–water partition coefficient (Wildman–Crippen LogP) is 3.81. The quantitative estimate of drug-likeness (QED) is 0.479. The lowest BCUT2D eigenvalue weighted by Gasteiger charge is -2.27. The van der Waals surface area contributed by atoms with E-state index in [0.29, 0.717) is 43.2 Å². The fourth-order valence-electron chi connectivity index (χ4n) is 4.09. The number of fused-ring (bicyclic) bond motifs is 1. The Morgan fingerprint density at radius 1 is 1.06 bits per heavy atom. The summed E-state index contributed by atoms with van der Waals surface area (Å²) in [6.07, 6.45) is 5.54. The first-order valence-corrected chi connectivity index (χ1v) is 11.2. The predicted molar refractivity (Wildman–Crippen MR) is 132 cm³/mol. The highest BCUT2D eigenvalue weighted by Crippen LogP contribution is 2.27. The van der Waals surface area contributed by atoms with E-state index in [4.69, 9.17) is 4.74 Å². The van der Waals surface area contributed by atoms with Crippen LogP contribution in [0.5, 0.6) is 0 Å². The fourth-order valence-corrected chi connectivity index (χ4v) is 4.09. The summed E-state index contributed by atoms with van der Waals surface area (Å²) in [7, 11) is 1.71. The van der Waals surface area contributed by atoms with Gasteiger partial charge in [0.15, 0.2) is 0 Å². The minimum atomic E-state index is -0.194. The summed E-state index contributed by atoms with van der Waals surface area (Å²) in [5.74, 6) is -0.264. The second-order valence-corrected chi connectivity index (χ2v) is 8.11. The molecule has 1 saturated heterocycles. The number of morpholine rings is 1. The maximum Gasteiger partial charge on any atom is 0.274 e. The van der Waals surface area contributed by atoms with Crippen molar-refractivity contribution < 1.29 is 14.3 Å². The molecule has 8 heteroatoms. The molecule has 0 spiro atoms. The SMILES string of the molecule is CN(C(=O)c1ccc[nH]1)c1cc(C(=O)N2CCOCC2)ccc1C=Cc1n[nH]c2ccccc12. The Bertz CT molecular complexity index is 1350. The molecule has 1 aliphatic rings. The standard InChI is InChI=1S/C26H25N5O3/c1-30(26(33)23-7-4-12-27-23)24-17-19(25(32)31-13-15-34-16-14-31)9-8-18(24)10-11-22-20-5-2-3-6-21(20)28-29-22/h2-12,17,27H,13-16H2,1H3,(H,28,29). The molecule has 2 aromatic carbocycles. The Labute approximate surface area is 196 Å². The van der Waals surface area contributed by atoms with Gasteiger partial charge in [0.2, 0.25) is 0 Å². The molecule has 8 nitrogen and oxygen atoms in total. The van der Waals surface area contributed by atoms with Crippen molar-refractivity contribution in [3.8, 4) is 0 Å². The second kappa shape index (κ2) is 9.36. The molecule has 0 unspecified atom stereocenters. The molecule has 0 radical (unpaired) electrons. The third-order valence-electron chi connectivity index (χ3n) is 5.99. The van der Waals surface area contributed by atoms with Gasteiger partial charge < -0.3 is 19.5 Å². The van der Waals surface area contributed by atoms with E-state index >= 15 is 0 Å². The van der Waals surface area contributed by atoms with Crippen molar-refractivity contribution in [1.29, 1.82) is 0 Å². The lowest BCUT2D eigenvalue weighted by atomic mass is 10.0. The van der Waals surface area contributed by atoms with Gasteiger partial charge in [-0.1, -0.05) is 30.3 Å². The van der Waals surface area contributed by atoms with Gasteiger partial charge in [-0.05, 0) is 42.0 Å². The number of nitrogens with zero attached hydrogens (tertiary/aromatic N) is 3. The molecular weight excluding hydrogens is 430 g/mol. The third-order valence-corrected chi connectivity index (χ3v) is 5.99. The van der Waals surface area contributed by atoms with E-state index in [1.807, 2.05) is 42.5 Å². The zero-order valence-electron chi connectivity index (χ0n) is 18.8. The summed E-state index contributed by atoms with van der Waals surface area (Å²) in [6, 6.07) is 16.9. The van der Waals surface area contributed by atoms with E-state index in [9.17, 15) is 9.59 Å². The van der Waals surface area contributed by atoms with Crippen molar-refractivity contribution in [2.75, 3.05) is 38.3 Å². The van der Waals surface area contributed by atoms with Crippen LogP contribution in [0.15, 0.2) is 60.8 Å². The Hall–Kier alpha value is -4.17. The molecule has 4 aromatic rings. The van der Waals surface area contributed by atoms with E-state index in [-0.39, 0.29) is 11.8 Å². The van der Waals surface area contributed by atoms with Crippen LogP contribution >= 0.6 is 0 Å². The van der Waals surface area contributed by atoms with Crippen LogP contribution in [0.1, 0.15) is 32.1 Å². The van der Waals surface area contributed by atoms with E-state index in [2.05, 4.69) is 15.2 Å². The zero-order valence-corrected chi connectivity index (χ0v) is 18.8. The van der Waals surface area contributed by atoms with Gasteiger partial charge >= 0.3 is 0 Å². The van der Waals surface area contributed by atoms with Crippen LogP contribution in [0, 0.1) is 0 Å². The van der Waals surface area contributed by atoms with Crippen LogP contribution in [-0.2, 0) is 4.74 Å². The summed E-state index contributed by atoms with van der Waals surface area (Å²) in [5, 5.41) is 8.44. The molecule has 5 rings (SSSR count). The number of aromatic amines is 2. The smallest absolute Gasteiger partial charge is 0.274 e. The van der Waals surface area contributed by atoms with Crippen molar-refractivity contribution in [1.82, 2.24) is 20.1 Å². The number of carbonyl (C=O) groups is 2. The van der Waals surface area contributed by atoms with Crippen molar-refractivity contribution in [3.63, 3.8) is 0 Å². The number of aromatic nitrogens is 3. The van der Waals surface area contributed by atoms with Crippen LogP contribution < -0.4 is 4.90 Å². The van der Waals surface area contributed by atoms with Gasteiger partial charge in [-0.3, -0.25) is 14.7 Å². The number of anilines is 1. The minimum absolute atomic E-state index is 0.0703. The van der Waals surface area contributed by atoms with Gasteiger partial charge in [0.05, 0.1) is 30.1 Å². The molecule has 1 fully saturated rings. The summed E-state index contributed by atoms with van der Waals surface area (Å²) in [4.78, 5) is 32.5. The molecule has 0 saturated carbocycles. The van der Waals surface area contributed by atoms with Crippen molar-refractivity contribution >= 4 is 40.6 Å². The number of nitrogens with one attached hydrogen (secondary N) is 2. The van der Waals surface area contributed by atoms with Crippen LogP contribution in [0.4, 0.5) is 5.69 Å². The van der Waals surface area contributed by atoms with Gasteiger partial charge in [0.1, 0.15) is 5.69 Å². The summed E-state index contributed by atoms with van der Waals surface area (Å²) in [6.45, 7) is 2.17. The van der Waals surface area contributed by atoms with Crippen molar-refractivity contribution in [2.24, 2.45) is 0 Å². The zero-order chi connectivity index (χ0) is 23.5. The number of amides is 2. The highest BCUT2D eigenvalue weighted by molar-refractivity contribution is 6.07. The topological polar surface area (TPSA) is 94.3 Å². The maximum absolute atomic E-state index is 13.1. The third kappa shape index (κ3) is 4.23. The molecule has 34 heavy (non-hydrogen) atoms. The van der Waals surface area contributed by atoms with E-state index in [1.165, 1.54) is 0 Å². The Kier molecular flexibility index (Phi) is 5.97. The normalized spacial score (nSPS) is 14.1. The molecule has 2 amide bonds. The summed E-state index contributed by atoms with van der Waals surface area (Å²) >= 11 is 0. The van der Waals surface area contributed by atoms with Gasteiger partial charge in [-0.15, -0.1) is 0 Å². The monoisotopic (exact) mass is 455 g/mol. The molecular formula is C26H25N5O3. The lowest BCUT2D eigenvalue weighted by Crippen LogP contribution is -2.40. The highest BCUT2D eigenvalue weighted by Gasteiger charge is 2.22. The highest BCUT2D eigenvalue weighted by atomic mass is 16.5.